The fraction of sp³-hybridized carbons (Fsp3) is 0. The summed E-state index contributed by atoms with van der Waals surface area (Å²) in [5, 5.41) is 42.2. The number of ether oxygens (including phenoxy) is 1. The summed E-state index contributed by atoms with van der Waals surface area (Å²) < 4.78 is 5.50. The van der Waals surface area contributed by atoms with E-state index in [0.29, 0.717) is 11.1 Å². The molecule has 11 heteroatoms. The smallest absolute Gasteiger partial charge is 0.318 e. The second-order valence-corrected chi connectivity index (χ2v) is 6.31. The molecule has 0 saturated carbocycles. The summed E-state index contributed by atoms with van der Waals surface area (Å²) in [4.78, 5) is 30.8. The van der Waals surface area contributed by atoms with E-state index in [-0.39, 0.29) is 22.8 Å². The molecule has 158 valence electrons. The van der Waals surface area contributed by atoms with Crippen LogP contribution in [0.5, 0.6) is 11.5 Å². The highest BCUT2D eigenvalue weighted by Gasteiger charge is 2.21. The molecule has 0 radical (unpaired) electrons. The summed E-state index contributed by atoms with van der Waals surface area (Å²) in [7, 11) is 0. The summed E-state index contributed by atoms with van der Waals surface area (Å²) in [5.41, 5.74) is 0.325. The quantitative estimate of drug-likeness (QED) is 0.211. The fourth-order valence-electron chi connectivity index (χ4n) is 2.72. The minimum absolute atomic E-state index is 0.0899. The number of nitro groups is 3. The second-order valence-electron chi connectivity index (χ2n) is 6.31. The number of hydrogen-bond acceptors (Lipinski definition) is 8. The summed E-state index contributed by atoms with van der Waals surface area (Å²) in [6.45, 7) is 0. The molecule has 3 rings (SSSR count). The molecule has 0 aliphatic rings. The average Bonchev–Trinajstić information content (AvgIpc) is 2.78. The van der Waals surface area contributed by atoms with Crippen LogP contribution in [0.15, 0.2) is 66.7 Å². The first kappa shape index (κ1) is 21.6. The molecule has 0 N–H and O–H groups in total. The zero-order valence-electron chi connectivity index (χ0n) is 16.1. The first-order valence-corrected chi connectivity index (χ1v) is 8.86. The zero-order chi connectivity index (χ0) is 23.3. The number of hydrogen-bond donors (Lipinski definition) is 0. The van der Waals surface area contributed by atoms with Crippen molar-refractivity contribution in [2.75, 3.05) is 0 Å². The Morgan fingerprint density at radius 2 is 1.41 bits per heavy atom. The van der Waals surface area contributed by atoms with Gasteiger partial charge in [0.25, 0.3) is 11.4 Å². The molecule has 0 amide bonds. The van der Waals surface area contributed by atoms with E-state index < -0.39 is 26.1 Å². The Kier molecular flexibility index (Phi) is 6.17. The summed E-state index contributed by atoms with van der Waals surface area (Å²) >= 11 is 0. The minimum Gasteiger partial charge on any atom is -0.450 e. The van der Waals surface area contributed by atoms with Gasteiger partial charge in [-0.15, -0.1) is 0 Å². The van der Waals surface area contributed by atoms with Gasteiger partial charge in [0, 0.05) is 18.2 Å². The molecule has 0 fully saturated rings. The van der Waals surface area contributed by atoms with Gasteiger partial charge in [0.15, 0.2) is 0 Å². The Hall–Kier alpha value is -5.11. The van der Waals surface area contributed by atoms with E-state index in [0.717, 1.165) is 18.2 Å². The van der Waals surface area contributed by atoms with Crippen LogP contribution in [0.25, 0.3) is 11.6 Å². The topological polar surface area (TPSA) is 162 Å². The van der Waals surface area contributed by atoms with Gasteiger partial charge < -0.3 is 4.74 Å². The van der Waals surface area contributed by atoms with Crippen LogP contribution in [0, 0.1) is 41.7 Å². The molecular weight excluding hydrogens is 420 g/mol. The predicted octanol–water partition coefficient (Wildman–Crippen LogP) is 5.27. The Bertz CT molecular complexity index is 1280. The van der Waals surface area contributed by atoms with E-state index in [1.54, 1.807) is 18.2 Å². The third-order valence-electron chi connectivity index (χ3n) is 4.28. The molecule has 0 unspecified atom stereocenters. The number of rotatable bonds is 7. The lowest BCUT2D eigenvalue weighted by molar-refractivity contribution is -0.394. The predicted molar refractivity (Wildman–Crippen MR) is 113 cm³/mol. The summed E-state index contributed by atoms with van der Waals surface area (Å²) in [5.74, 6) is 0.0837. The number of non-ortho nitro benzene ring substituents is 2. The van der Waals surface area contributed by atoms with Crippen LogP contribution in [-0.4, -0.2) is 14.8 Å². The second kappa shape index (κ2) is 9.14. The van der Waals surface area contributed by atoms with Crippen molar-refractivity contribution < 1.29 is 19.5 Å². The monoisotopic (exact) mass is 432 g/mol. The molecule has 32 heavy (non-hydrogen) atoms. The van der Waals surface area contributed by atoms with E-state index in [1.807, 2.05) is 6.07 Å². The third-order valence-corrected chi connectivity index (χ3v) is 4.28. The van der Waals surface area contributed by atoms with Crippen molar-refractivity contribution in [3.8, 4) is 17.6 Å². The third kappa shape index (κ3) is 4.89. The van der Waals surface area contributed by atoms with Crippen LogP contribution in [0.3, 0.4) is 0 Å². The van der Waals surface area contributed by atoms with Crippen LogP contribution in [0.2, 0.25) is 0 Å². The van der Waals surface area contributed by atoms with Gasteiger partial charge in [-0.25, -0.2) is 0 Å². The summed E-state index contributed by atoms with van der Waals surface area (Å²) in [6.07, 6.45) is 1.57. The molecule has 0 aliphatic heterocycles. The van der Waals surface area contributed by atoms with E-state index in [2.05, 4.69) is 0 Å². The number of nitrogens with zero attached hydrogens (tertiary/aromatic N) is 4. The number of allylic oxidation sites excluding steroid dienone is 1. The Balaban J connectivity index is 1.83. The molecule has 3 aromatic rings. The number of nitriles is 1. The van der Waals surface area contributed by atoms with E-state index >= 15 is 0 Å². The van der Waals surface area contributed by atoms with Crippen LogP contribution < -0.4 is 4.74 Å². The van der Waals surface area contributed by atoms with E-state index in [4.69, 9.17) is 4.74 Å². The molecule has 0 aliphatic carbocycles. The zero-order valence-corrected chi connectivity index (χ0v) is 16.1. The number of nitro benzene ring substituents is 3. The standard InChI is InChI=1S/C21H12N4O7/c22-13-16(15-3-5-17(6-4-15)23(26)27)11-14-1-8-19(9-2-14)32-21-10-7-18(24(28)29)12-20(21)25(30)31/h1-12H/b16-11+. The molecule has 11 nitrogen and oxygen atoms in total. The highest BCUT2D eigenvalue weighted by atomic mass is 16.6. The SMILES string of the molecule is N#C/C(=C\c1ccc(Oc2ccc([N+](=O)[O-])cc2[N+](=O)[O-])cc1)c1ccc([N+](=O)[O-])cc1. The molecule has 0 bridgehead atoms. The minimum atomic E-state index is -0.775. The van der Waals surface area contributed by atoms with Crippen LogP contribution in [-0.2, 0) is 0 Å². The highest BCUT2D eigenvalue weighted by molar-refractivity contribution is 5.89. The van der Waals surface area contributed by atoms with Gasteiger partial charge in [0.2, 0.25) is 5.75 Å². The van der Waals surface area contributed by atoms with Crippen molar-refractivity contribution in [1.82, 2.24) is 0 Å². The van der Waals surface area contributed by atoms with Gasteiger partial charge >= 0.3 is 5.69 Å². The van der Waals surface area contributed by atoms with Crippen molar-refractivity contribution in [3.63, 3.8) is 0 Å². The van der Waals surface area contributed by atoms with Gasteiger partial charge in [0.1, 0.15) is 5.75 Å². The molecule has 0 aromatic heterocycles. The highest BCUT2D eigenvalue weighted by Crippen LogP contribution is 2.34. The Labute approximate surface area is 179 Å². The fourth-order valence-corrected chi connectivity index (χ4v) is 2.72. The Morgan fingerprint density at radius 1 is 0.812 bits per heavy atom. The average molecular weight is 432 g/mol. The molecule has 0 atom stereocenters. The van der Waals surface area contributed by atoms with Crippen molar-refractivity contribution in [2.45, 2.75) is 0 Å². The van der Waals surface area contributed by atoms with Gasteiger partial charge in [0.05, 0.1) is 32.5 Å². The molecule has 3 aromatic carbocycles. The lowest BCUT2D eigenvalue weighted by Gasteiger charge is -2.07. The van der Waals surface area contributed by atoms with Crippen LogP contribution in [0.1, 0.15) is 11.1 Å². The summed E-state index contributed by atoms with van der Waals surface area (Å²) in [6, 6.07) is 16.9. The lowest BCUT2D eigenvalue weighted by atomic mass is 10.0. The van der Waals surface area contributed by atoms with Crippen molar-refractivity contribution in [2.24, 2.45) is 0 Å². The van der Waals surface area contributed by atoms with Gasteiger partial charge in [-0.1, -0.05) is 12.1 Å². The molecular formula is C21H12N4O7. The Morgan fingerprint density at radius 3 is 1.94 bits per heavy atom. The molecule has 0 heterocycles. The maximum Gasteiger partial charge on any atom is 0.318 e. The largest absolute Gasteiger partial charge is 0.450 e. The van der Waals surface area contributed by atoms with Crippen LogP contribution >= 0.6 is 0 Å². The maximum atomic E-state index is 11.2. The first-order chi connectivity index (χ1) is 15.3. The maximum absolute atomic E-state index is 11.2. The van der Waals surface area contributed by atoms with Gasteiger partial charge in [-0.05, 0) is 47.5 Å². The van der Waals surface area contributed by atoms with Gasteiger partial charge in [-0.3, -0.25) is 30.3 Å². The molecule has 0 saturated heterocycles. The van der Waals surface area contributed by atoms with Crippen LogP contribution in [0.4, 0.5) is 17.1 Å². The normalized spacial score (nSPS) is 10.8. The lowest BCUT2D eigenvalue weighted by Crippen LogP contribution is -1.96. The van der Waals surface area contributed by atoms with Crippen molar-refractivity contribution in [3.05, 3.63) is 108 Å². The van der Waals surface area contributed by atoms with E-state index in [9.17, 15) is 35.6 Å². The van der Waals surface area contributed by atoms with Crippen molar-refractivity contribution >= 4 is 28.7 Å². The number of benzene rings is 3. The molecule has 0 spiro atoms. The van der Waals surface area contributed by atoms with Crippen molar-refractivity contribution in [1.29, 1.82) is 5.26 Å². The van der Waals surface area contributed by atoms with Gasteiger partial charge in [-0.2, -0.15) is 5.26 Å². The van der Waals surface area contributed by atoms with E-state index in [1.165, 1.54) is 36.4 Å². The first-order valence-electron chi connectivity index (χ1n) is 8.86.